The molecule has 0 aliphatic carbocycles. The molecular formula is C26H27FN6O3S. The Labute approximate surface area is 213 Å². The van der Waals surface area contributed by atoms with Crippen molar-refractivity contribution in [3.05, 3.63) is 54.2 Å². The van der Waals surface area contributed by atoms with Gasteiger partial charge in [0.15, 0.2) is 27.1 Å². The molecule has 2 atom stereocenters. The highest BCUT2D eigenvalue weighted by atomic mass is 32.2. The fourth-order valence-corrected chi connectivity index (χ4v) is 6.77. The lowest BCUT2D eigenvalue weighted by Crippen LogP contribution is -2.38. The number of anilines is 1. The van der Waals surface area contributed by atoms with Gasteiger partial charge in [-0.25, -0.2) is 17.8 Å². The van der Waals surface area contributed by atoms with Gasteiger partial charge in [-0.1, -0.05) is 6.07 Å². The monoisotopic (exact) mass is 522 g/mol. The molecule has 0 saturated carbocycles. The number of aromatic nitrogens is 4. The lowest BCUT2D eigenvalue weighted by Gasteiger charge is -2.30. The number of halogens is 1. The average molecular weight is 523 g/mol. The Morgan fingerprint density at radius 3 is 2.46 bits per heavy atom. The summed E-state index contributed by atoms with van der Waals surface area (Å²) in [7, 11) is -2.22. The van der Waals surface area contributed by atoms with Crippen LogP contribution in [0.2, 0.25) is 0 Å². The molecule has 3 aromatic heterocycles. The third kappa shape index (κ3) is 4.11. The van der Waals surface area contributed by atoms with Crippen LogP contribution in [-0.2, 0) is 9.84 Å². The van der Waals surface area contributed by atoms with Crippen LogP contribution < -0.4 is 15.8 Å². The van der Waals surface area contributed by atoms with Crippen LogP contribution in [0.1, 0.15) is 37.3 Å². The number of hydrogen-bond acceptors (Lipinski definition) is 8. The molecule has 2 aliphatic heterocycles. The van der Waals surface area contributed by atoms with Gasteiger partial charge in [0.1, 0.15) is 10.7 Å². The summed E-state index contributed by atoms with van der Waals surface area (Å²) in [6, 6.07) is 9.05. The molecule has 1 aromatic carbocycles. The lowest BCUT2D eigenvalue weighted by molar-refractivity contribution is 0.355. The molecule has 5 heterocycles. The maximum atomic E-state index is 14.2. The van der Waals surface area contributed by atoms with Gasteiger partial charge in [0.2, 0.25) is 0 Å². The van der Waals surface area contributed by atoms with Crippen LogP contribution in [0.3, 0.4) is 0 Å². The van der Waals surface area contributed by atoms with E-state index in [0.29, 0.717) is 40.2 Å². The van der Waals surface area contributed by atoms with Gasteiger partial charge in [-0.2, -0.15) is 9.61 Å². The Hall–Kier alpha value is -3.57. The van der Waals surface area contributed by atoms with E-state index in [1.54, 1.807) is 30.6 Å². The largest absolute Gasteiger partial charge is 0.494 e. The van der Waals surface area contributed by atoms with Crippen LogP contribution in [-0.4, -0.2) is 53.4 Å². The maximum absolute atomic E-state index is 14.2. The van der Waals surface area contributed by atoms with E-state index in [0.717, 1.165) is 31.2 Å². The van der Waals surface area contributed by atoms with E-state index in [1.165, 1.54) is 23.9 Å². The minimum absolute atomic E-state index is 0.0102. The maximum Gasteiger partial charge on any atom is 0.180 e. The number of methoxy groups -OCH3 is 1. The van der Waals surface area contributed by atoms with Gasteiger partial charge < -0.3 is 15.8 Å². The van der Waals surface area contributed by atoms with Crippen molar-refractivity contribution in [3.8, 4) is 28.1 Å². The number of benzene rings is 1. The predicted molar refractivity (Wildman–Crippen MR) is 138 cm³/mol. The molecule has 4 aromatic rings. The molecule has 2 fully saturated rings. The van der Waals surface area contributed by atoms with Crippen LogP contribution in [0.5, 0.6) is 5.75 Å². The third-order valence-electron chi connectivity index (χ3n) is 7.42. The predicted octanol–water partition coefficient (Wildman–Crippen LogP) is 3.59. The lowest BCUT2D eigenvalue weighted by atomic mass is 9.89. The molecule has 11 heteroatoms. The number of nitrogens with zero attached hydrogens (tertiary/aromatic N) is 4. The van der Waals surface area contributed by atoms with E-state index in [1.807, 2.05) is 6.07 Å². The van der Waals surface area contributed by atoms with E-state index in [9.17, 15) is 12.8 Å². The Balaban J connectivity index is 1.43. The van der Waals surface area contributed by atoms with Crippen LogP contribution >= 0.6 is 0 Å². The summed E-state index contributed by atoms with van der Waals surface area (Å²) in [5, 5.41) is 7.97. The van der Waals surface area contributed by atoms with Crippen LogP contribution in [0.25, 0.3) is 28.0 Å². The molecule has 192 valence electrons. The van der Waals surface area contributed by atoms with Gasteiger partial charge in [0, 0.05) is 47.1 Å². The molecule has 2 saturated heterocycles. The van der Waals surface area contributed by atoms with Crippen LogP contribution in [0.4, 0.5) is 10.2 Å². The first-order valence-electron chi connectivity index (χ1n) is 12.2. The van der Waals surface area contributed by atoms with Crippen molar-refractivity contribution in [2.45, 2.75) is 48.6 Å². The topological polar surface area (TPSA) is 124 Å². The summed E-state index contributed by atoms with van der Waals surface area (Å²) in [4.78, 5) is 9.48. The van der Waals surface area contributed by atoms with Gasteiger partial charge in [0.05, 0.1) is 24.7 Å². The number of fused-ring (bicyclic) bond motifs is 3. The van der Waals surface area contributed by atoms with E-state index in [2.05, 4.69) is 15.4 Å². The van der Waals surface area contributed by atoms with E-state index >= 15 is 0 Å². The molecule has 9 nitrogen and oxygen atoms in total. The number of nitrogens with one attached hydrogen (secondary N) is 1. The summed E-state index contributed by atoms with van der Waals surface area (Å²) < 4.78 is 46.2. The Morgan fingerprint density at radius 2 is 1.84 bits per heavy atom. The molecule has 0 radical (unpaired) electrons. The summed E-state index contributed by atoms with van der Waals surface area (Å²) >= 11 is 0. The molecule has 0 spiro atoms. The van der Waals surface area contributed by atoms with Gasteiger partial charge in [0.25, 0.3) is 0 Å². The van der Waals surface area contributed by atoms with Gasteiger partial charge in [-0.05, 0) is 49.9 Å². The summed E-state index contributed by atoms with van der Waals surface area (Å²) in [5.41, 5.74) is 10.1. The molecule has 3 N–H and O–H groups in total. The molecule has 37 heavy (non-hydrogen) atoms. The van der Waals surface area contributed by atoms with Gasteiger partial charge in [-0.3, -0.25) is 4.98 Å². The Bertz CT molecular complexity index is 1610. The zero-order valence-electron chi connectivity index (χ0n) is 20.5. The minimum atomic E-state index is -3.64. The highest BCUT2D eigenvalue weighted by molar-refractivity contribution is 7.91. The quantitative estimate of drug-likeness (QED) is 0.408. The van der Waals surface area contributed by atoms with Crippen molar-refractivity contribution in [2.24, 2.45) is 0 Å². The second-order valence-electron chi connectivity index (χ2n) is 9.86. The van der Waals surface area contributed by atoms with Crippen molar-refractivity contribution in [3.63, 3.8) is 0 Å². The Morgan fingerprint density at radius 1 is 1.11 bits per heavy atom. The van der Waals surface area contributed by atoms with E-state index in [4.69, 9.17) is 15.5 Å². The molecule has 2 bridgehead atoms. The highest BCUT2D eigenvalue weighted by Gasteiger charge is 2.38. The first kappa shape index (κ1) is 23.8. The number of ether oxygens (including phenoxy) is 1. The number of nitrogens with two attached hydrogens (primary N) is 1. The second kappa shape index (κ2) is 8.77. The van der Waals surface area contributed by atoms with Crippen molar-refractivity contribution in [1.29, 1.82) is 0 Å². The van der Waals surface area contributed by atoms with Crippen molar-refractivity contribution in [2.75, 3.05) is 19.1 Å². The second-order valence-corrected chi connectivity index (χ2v) is 11.8. The van der Waals surface area contributed by atoms with Crippen LogP contribution in [0, 0.1) is 5.82 Å². The first-order chi connectivity index (χ1) is 17.7. The number of sulfone groups is 1. The minimum Gasteiger partial charge on any atom is -0.494 e. The first-order valence-corrected chi connectivity index (χ1v) is 14.1. The standard InChI is InChI=1S/C26H27FN6O3S/c1-36-22-8-4-14(11-20(22)27)21-7-3-15(12-29-21)19-13-30-33-25(28)24(37(2,34)35)23(32-26(19)33)16-9-17-5-6-18(10-16)31-17/h3-4,7-8,11-13,16-18,31H,5-6,9-10,28H2,1-2H3. The molecule has 2 unspecified atom stereocenters. The van der Waals surface area contributed by atoms with E-state index < -0.39 is 15.7 Å². The highest BCUT2D eigenvalue weighted by Crippen LogP contribution is 2.41. The number of piperidine rings is 1. The van der Waals surface area contributed by atoms with Crippen molar-refractivity contribution < 1.29 is 17.5 Å². The smallest absolute Gasteiger partial charge is 0.180 e. The zero-order valence-corrected chi connectivity index (χ0v) is 21.3. The van der Waals surface area contributed by atoms with Crippen molar-refractivity contribution in [1.82, 2.24) is 24.9 Å². The molecule has 6 rings (SSSR count). The SMILES string of the molecule is COc1ccc(-c2ccc(-c3cnn4c(N)c(S(C)(=O)=O)c(C5CC6CCC(C5)N6)nc34)cn2)cc1F. The van der Waals surface area contributed by atoms with Crippen LogP contribution in [0.15, 0.2) is 47.6 Å². The number of pyridine rings is 1. The normalized spacial score (nSPS) is 21.4. The molecular weight excluding hydrogens is 495 g/mol. The number of hydrogen-bond donors (Lipinski definition) is 2. The van der Waals surface area contributed by atoms with Crippen molar-refractivity contribution >= 4 is 21.3 Å². The fourth-order valence-electron chi connectivity index (χ4n) is 5.71. The van der Waals surface area contributed by atoms with Gasteiger partial charge >= 0.3 is 0 Å². The summed E-state index contributed by atoms with van der Waals surface area (Å²) in [6.07, 6.45) is 8.26. The average Bonchev–Trinajstić information content (AvgIpc) is 3.45. The fraction of sp³-hybridized carbons (Fsp3) is 0.346. The number of nitrogen functional groups attached to an aromatic ring is 1. The molecule has 0 amide bonds. The molecule has 2 aliphatic rings. The van der Waals surface area contributed by atoms with Gasteiger partial charge in [-0.15, -0.1) is 0 Å². The Kier molecular flexibility index (Phi) is 5.64. The van der Waals surface area contributed by atoms with E-state index in [-0.39, 0.29) is 22.4 Å². The third-order valence-corrected chi connectivity index (χ3v) is 8.58. The summed E-state index contributed by atoms with van der Waals surface area (Å²) in [6.45, 7) is 0. The zero-order chi connectivity index (χ0) is 25.9. The summed E-state index contributed by atoms with van der Waals surface area (Å²) in [5.74, 6) is -0.239. The number of rotatable bonds is 5.